The van der Waals surface area contributed by atoms with E-state index in [2.05, 4.69) is 0 Å². The molecule has 10 nitrogen and oxygen atoms in total. The molecule has 2 aliphatic heterocycles. The van der Waals surface area contributed by atoms with Crippen molar-refractivity contribution in [1.82, 2.24) is 0 Å². The van der Waals surface area contributed by atoms with Crippen molar-refractivity contribution in [3.8, 4) is 40.2 Å². The number of carbonyl (C=O) groups excluding carboxylic acids is 4. The summed E-state index contributed by atoms with van der Waals surface area (Å²) in [4.78, 5) is 49.5. The van der Waals surface area contributed by atoms with Crippen LogP contribution in [-0.2, 0) is 25.6 Å². The zero-order valence-electron chi connectivity index (χ0n) is 24.1. The third-order valence-corrected chi connectivity index (χ3v) is 6.16. The average Bonchev–Trinajstić information content (AvgIpc) is 2.86. The van der Waals surface area contributed by atoms with E-state index in [1.807, 2.05) is 39.7 Å². The first-order valence-corrected chi connectivity index (χ1v) is 12.8. The van der Waals surface area contributed by atoms with E-state index in [1.165, 1.54) is 21.0 Å². The smallest absolute Gasteiger partial charge is 0.308 e. The third-order valence-electron chi connectivity index (χ3n) is 6.16. The Hall–Kier alpha value is -4.82. The van der Waals surface area contributed by atoms with E-state index in [9.17, 15) is 19.2 Å². The summed E-state index contributed by atoms with van der Waals surface area (Å²) in [5, 5.41) is 0. The van der Waals surface area contributed by atoms with Crippen LogP contribution in [0.5, 0.6) is 40.2 Å². The van der Waals surface area contributed by atoms with Crippen LogP contribution in [0.25, 0.3) is 11.6 Å². The fourth-order valence-corrected chi connectivity index (χ4v) is 4.63. The molecule has 0 fully saturated rings. The van der Waals surface area contributed by atoms with Crippen molar-refractivity contribution in [2.45, 2.75) is 60.5 Å². The van der Waals surface area contributed by atoms with E-state index in [1.54, 1.807) is 18.2 Å². The van der Waals surface area contributed by atoms with E-state index >= 15 is 0 Å². The van der Waals surface area contributed by atoms with Gasteiger partial charge in [0.1, 0.15) is 23.0 Å². The number of benzene rings is 2. The molecule has 0 aromatic heterocycles. The molecule has 2 aliphatic rings. The van der Waals surface area contributed by atoms with Crippen LogP contribution in [-0.4, -0.2) is 36.6 Å². The molecule has 2 aromatic carbocycles. The molecule has 4 rings (SSSR count). The molecule has 41 heavy (non-hydrogen) atoms. The van der Waals surface area contributed by atoms with Gasteiger partial charge in [-0.2, -0.15) is 0 Å². The second kappa shape index (κ2) is 11.0. The predicted octanol–water partition coefficient (Wildman–Crippen LogP) is 5.53. The van der Waals surface area contributed by atoms with Crippen LogP contribution in [0.1, 0.15) is 70.7 Å². The molecule has 2 aromatic rings. The van der Waals surface area contributed by atoms with Gasteiger partial charge in [0.15, 0.2) is 17.2 Å². The van der Waals surface area contributed by atoms with Gasteiger partial charge >= 0.3 is 17.9 Å². The van der Waals surface area contributed by atoms with Gasteiger partial charge in [0.25, 0.3) is 0 Å². The highest BCUT2D eigenvalue weighted by Gasteiger charge is 2.40. The van der Waals surface area contributed by atoms with Crippen molar-refractivity contribution in [1.29, 1.82) is 0 Å². The first kappa shape index (κ1) is 29.2. The van der Waals surface area contributed by atoms with Crippen molar-refractivity contribution in [2.24, 2.45) is 0 Å². The molecular weight excluding hydrogens is 532 g/mol. The Bertz CT molecular complexity index is 1600. The van der Waals surface area contributed by atoms with Crippen molar-refractivity contribution < 1.29 is 47.6 Å². The van der Waals surface area contributed by atoms with Crippen molar-refractivity contribution in [2.75, 3.05) is 7.11 Å². The molecule has 2 heterocycles. The first-order valence-electron chi connectivity index (χ1n) is 12.8. The van der Waals surface area contributed by atoms with E-state index in [0.29, 0.717) is 16.9 Å². The summed E-state index contributed by atoms with van der Waals surface area (Å²) < 4.78 is 34.7. The lowest BCUT2D eigenvalue weighted by Gasteiger charge is -2.32. The molecule has 0 unspecified atom stereocenters. The number of allylic oxidation sites excluding steroid dienone is 2. The number of hydrogen-bond acceptors (Lipinski definition) is 10. The number of hydrogen-bond donors (Lipinski definition) is 0. The van der Waals surface area contributed by atoms with Crippen molar-refractivity contribution in [3.05, 3.63) is 46.0 Å². The molecule has 0 spiro atoms. The van der Waals surface area contributed by atoms with Gasteiger partial charge in [0.2, 0.25) is 11.5 Å². The van der Waals surface area contributed by atoms with Crippen LogP contribution in [0.4, 0.5) is 0 Å². The fraction of sp³-hybridized carbons (Fsp3) is 0.323. The van der Waals surface area contributed by atoms with Gasteiger partial charge < -0.3 is 28.4 Å². The molecule has 0 N–H and O–H groups in total. The van der Waals surface area contributed by atoms with Gasteiger partial charge in [-0.3, -0.25) is 14.4 Å². The molecule has 0 amide bonds. The average molecular weight is 563 g/mol. The normalized spacial score (nSPS) is 13.7. The maximum Gasteiger partial charge on any atom is 0.308 e. The lowest BCUT2D eigenvalue weighted by Crippen LogP contribution is -2.28. The molecule has 0 saturated carbocycles. The summed E-state index contributed by atoms with van der Waals surface area (Å²) in [5.74, 6) is -0.186. The molecular formula is C31H30O10. The van der Waals surface area contributed by atoms with Crippen LogP contribution >= 0.6 is 0 Å². The highest BCUT2D eigenvalue weighted by Crippen LogP contribution is 2.60. The fourth-order valence-electron chi connectivity index (χ4n) is 4.63. The van der Waals surface area contributed by atoms with E-state index in [4.69, 9.17) is 28.4 Å². The molecule has 0 radical (unpaired) electrons. The minimum Gasteiger partial charge on any atom is -0.492 e. The minimum absolute atomic E-state index is 0.0333. The van der Waals surface area contributed by atoms with E-state index < -0.39 is 23.5 Å². The summed E-state index contributed by atoms with van der Waals surface area (Å²) in [7, 11) is 1.35. The Morgan fingerprint density at radius 3 is 2.05 bits per heavy atom. The molecule has 0 saturated heterocycles. The van der Waals surface area contributed by atoms with Crippen LogP contribution in [0.3, 0.4) is 0 Å². The Balaban J connectivity index is 2.17. The van der Waals surface area contributed by atoms with Gasteiger partial charge in [-0.25, -0.2) is 4.79 Å². The maximum atomic E-state index is 12.8. The summed E-state index contributed by atoms with van der Waals surface area (Å²) in [5.41, 5.74) is 1.34. The zero-order chi connectivity index (χ0) is 30.2. The molecule has 0 atom stereocenters. The number of fused-ring (bicyclic) bond motifs is 3. The number of esters is 3. The van der Waals surface area contributed by atoms with Crippen LogP contribution in [0.15, 0.2) is 23.8 Å². The number of rotatable bonds is 6. The molecule has 0 bridgehead atoms. The van der Waals surface area contributed by atoms with Gasteiger partial charge in [0, 0.05) is 38.0 Å². The topological polar surface area (TPSA) is 124 Å². The maximum absolute atomic E-state index is 12.8. The highest BCUT2D eigenvalue weighted by atomic mass is 16.6. The summed E-state index contributed by atoms with van der Waals surface area (Å²) >= 11 is 0. The van der Waals surface area contributed by atoms with E-state index in [0.717, 1.165) is 12.5 Å². The Morgan fingerprint density at radius 2 is 1.49 bits per heavy atom. The standard InChI is InChI=1S/C31H30O10/c1-15(2)9-10-20-24-21(14-32)25-23(13-22-19(26(25)37-16(3)33)11-12-31(6,7)41-22)40-28(24)30(39-18(5)35)29(27(20)36-8)38-17(4)34/h9,11-13H,10H2,1-8H3. The predicted molar refractivity (Wildman–Crippen MR) is 149 cm³/mol. The van der Waals surface area contributed by atoms with Gasteiger partial charge in [-0.15, -0.1) is 0 Å². The summed E-state index contributed by atoms with van der Waals surface area (Å²) in [6.07, 6.45) is 5.62. The lowest BCUT2D eigenvalue weighted by molar-refractivity contribution is -0.134. The van der Waals surface area contributed by atoms with Crippen molar-refractivity contribution >= 4 is 35.5 Å². The number of ether oxygens (including phenoxy) is 6. The zero-order valence-corrected chi connectivity index (χ0v) is 24.1. The van der Waals surface area contributed by atoms with Crippen LogP contribution in [0, 0.1) is 0 Å². The first-order chi connectivity index (χ1) is 19.3. The lowest BCUT2D eigenvalue weighted by atomic mass is 9.86. The SMILES string of the molecule is COc1c(CC=C(C)C)c2c(c(OC(C)=O)c1OC(C)=O)Oc1cc3c(c(OC(C)=O)c1C2=C=O)C=CC(C)(C)O3. The largest absolute Gasteiger partial charge is 0.492 e. The second-order valence-corrected chi connectivity index (χ2v) is 10.2. The van der Waals surface area contributed by atoms with E-state index in [-0.39, 0.29) is 57.6 Å². The third kappa shape index (κ3) is 5.60. The minimum atomic E-state index is -0.744. The van der Waals surface area contributed by atoms with Crippen LogP contribution in [0.2, 0.25) is 0 Å². The van der Waals surface area contributed by atoms with Gasteiger partial charge in [-0.1, -0.05) is 11.6 Å². The number of carbonyl (C=O) groups is 3. The monoisotopic (exact) mass is 562 g/mol. The Morgan fingerprint density at radius 1 is 0.878 bits per heavy atom. The molecule has 10 heteroatoms. The number of methoxy groups -OCH3 is 1. The van der Waals surface area contributed by atoms with Crippen molar-refractivity contribution in [3.63, 3.8) is 0 Å². The Labute approximate surface area is 237 Å². The molecule has 214 valence electrons. The quantitative estimate of drug-likeness (QED) is 0.164. The Kier molecular flexibility index (Phi) is 7.81. The molecule has 0 aliphatic carbocycles. The van der Waals surface area contributed by atoms with Gasteiger partial charge in [-0.05, 0) is 46.3 Å². The second-order valence-electron chi connectivity index (χ2n) is 10.2. The van der Waals surface area contributed by atoms with Crippen LogP contribution < -0.4 is 28.4 Å². The van der Waals surface area contributed by atoms with Gasteiger partial charge in [0.05, 0.1) is 23.8 Å². The summed E-state index contributed by atoms with van der Waals surface area (Å²) in [6.45, 7) is 11.0. The highest BCUT2D eigenvalue weighted by molar-refractivity contribution is 6.07. The summed E-state index contributed by atoms with van der Waals surface area (Å²) in [6, 6.07) is 1.55.